The fraction of sp³-hybridized carbons (Fsp3) is 0.737. The number of hydrogen-bond acceptors (Lipinski definition) is 3. The fourth-order valence-corrected chi connectivity index (χ4v) is 4.18. The lowest BCUT2D eigenvalue weighted by Crippen LogP contribution is -2.50. The molecule has 1 fully saturated rings. The van der Waals surface area contributed by atoms with Crippen molar-refractivity contribution in [3.05, 3.63) is 23.2 Å². The van der Waals surface area contributed by atoms with E-state index in [9.17, 15) is 9.59 Å². The number of fused-ring (bicyclic) bond motifs is 1. The van der Waals surface area contributed by atoms with Crippen LogP contribution in [0.1, 0.15) is 54.4 Å². The molecule has 0 spiro atoms. The summed E-state index contributed by atoms with van der Waals surface area (Å²) in [5.41, 5.74) is -1.33. The fourth-order valence-electron chi connectivity index (χ4n) is 4.18. The van der Waals surface area contributed by atoms with E-state index in [1.807, 2.05) is 34.6 Å². The van der Waals surface area contributed by atoms with Crippen LogP contribution >= 0.6 is 0 Å². The summed E-state index contributed by atoms with van der Waals surface area (Å²) in [4.78, 5) is 30.3. The Kier molecular flexibility index (Phi) is 4.56. The van der Waals surface area contributed by atoms with E-state index in [1.165, 1.54) is 0 Å². The first kappa shape index (κ1) is 18.5. The Morgan fingerprint density at radius 3 is 2.54 bits per heavy atom. The summed E-state index contributed by atoms with van der Waals surface area (Å²) in [7, 11) is 0. The van der Waals surface area contributed by atoms with E-state index in [0.29, 0.717) is 13.1 Å². The normalized spacial score (nSPS) is 29.9. The van der Waals surface area contributed by atoms with Crippen molar-refractivity contribution in [3.8, 4) is 0 Å². The number of amides is 1. The zero-order valence-corrected chi connectivity index (χ0v) is 15.6. The Morgan fingerprint density at radius 1 is 1.38 bits per heavy atom. The topological polar surface area (TPSA) is 51.0 Å². The number of ketones is 1. The van der Waals surface area contributed by atoms with Gasteiger partial charge in [-0.1, -0.05) is 26.8 Å². The molecule has 2 rings (SSSR count). The van der Waals surface area contributed by atoms with Crippen molar-refractivity contribution in [1.82, 2.24) is 4.90 Å². The number of nitrogens with zero attached hydrogens (tertiary/aromatic N) is 2. The molecule has 0 unspecified atom stereocenters. The number of ether oxygens (including phenoxy) is 1. The van der Waals surface area contributed by atoms with E-state index in [4.69, 9.17) is 11.3 Å². The van der Waals surface area contributed by atoms with Gasteiger partial charge in [0.1, 0.15) is 5.60 Å². The molecule has 5 nitrogen and oxygen atoms in total. The summed E-state index contributed by atoms with van der Waals surface area (Å²) in [5, 5.41) is 0. The lowest BCUT2D eigenvalue weighted by Gasteiger charge is -2.47. The van der Waals surface area contributed by atoms with Crippen LogP contribution in [0.15, 0.2) is 11.8 Å². The molecule has 1 aliphatic carbocycles. The van der Waals surface area contributed by atoms with Gasteiger partial charge in [-0.2, -0.15) is 0 Å². The number of likely N-dealkylation sites (tertiary alicyclic amines) is 1. The highest BCUT2D eigenvalue weighted by Gasteiger charge is 2.52. The molecule has 5 heteroatoms. The third kappa shape index (κ3) is 3.33. The minimum Gasteiger partial charge on any atom is -0.444 e. The van der Waals surface area contributed by atoms with E-state index in [-0.39, 0.29) is 23.5 Å². The molecule has 0 radical (unpaired) electrons. The first-order chi connectivity index (χ1) is 10.9. The van der Waals surface area contributed by atoms with Gasteiger partial charge < -0.3 is 14.4 Å². The van der Waals surface area contributed by atoms with Gasteiger partial charge in [0, 0.05) is 18.5 Å². The maximum Gasteiger partial charge on any atom is 0.410 e. The second-order valence-electron chi connectivity index (χ2n) is 8.79. The molecular weight excluding hydrogens is 304 g/mol. The minimum atomic E-state index is -0.590. The Hall–Kier alpha value is -1.83. The Bertz CT molecular complexity index is 622. The van der Waals surface area contributed by atoms with Crippen LogP contribution in [-0.4, -0.2) is 35.5 Å². The van der Waals surface area contributed by atoms with Crippen molar-refractivity contribution in [2.24, 2.45) is 16.7 Å². The third-order valence-corrected chi connectivity index (χ3v) is 5.18. The smallest absolute Gasteiger partial charge is 0.410 e. The number of hydrogen-bond donors (Lipinski definition) is 0. The average Bonchev–Trinajstić information content (AvgIpc) is 2.61. The van der Waals surface area contributed by atoms with Gasteiger partial charge in [0.2, 0.25) is 5.70 Å². The van der Waals surface area contributed by atoms with Gasteiger partial charge in [-0.3, -0.25) is 0 Å². The Balaban J connectivity index is 2.37. The monoisotopic (exact) mass is 332 g/mol. The molecule has 132 valence electrons. The zero-order valence-electron chi connectivity index (χ0n) is 15.6. The van der Waals surface area contributed by atoms with E-state index < -0.39 is 16.4 Å². The van der Waals surface area contributed by atoms with E-state index in [0.717, 1.165) is 12.8 Å². The summed E-state index contributed by atoms with van der Waals surface area (Å²) in [6.07, 6.45) is 3.16. The molecule has 0 aromatic rings. The lowest BCUT2D eigenvalue weighted by molar-refractivity contribution is -0.129. The van der Waals surface area contributed by atoms with Crippen LogP contribution < -0.4 is 0 Å². The van der Waals surface area contributed by atoms with Gasteiger partial charge in [-0.15, -0.1) is 0 Å². The van der Waals surface area contributed by atoms with Crippen LogP contribution in [0.3, 0.4) is 0 Å². The number of carbonyl (C=O) groups is 2. The summed E-state index contributed by atoms with van der Waals surface area (Å²) < 4.78 is 5.52. The van der Waals surface area contributed by atoms with Crippen molar-refractivity contribution < 1.29 is 14.3 Å². The highest BCUT2D eigenvalue weighted by molar-refractivity contribution is 6.02. The Labute approximate surface area is 144 Å². The molecule has 0 saturated carbocycles. The molecule has 1 heterocycles. The third-order valence-electron chi connectivity index (χ3n) is 5.18. The second-order valence-corrected chi connectivity index (χ2v) is 8.79. The maximum absolute atomic E-state index is 12.6. The van der Waals surface area contributed by atoms with Gasteiger partial charge >= 0.3 is 6.09 Å². The van der Waals surface area contributed by atoms with Gasteiger partial charge in [0.25, 0.3) is 0 Å². The highest BCUT2D eigenvalue weighted by Crippen LogP contribution is 2.51. The van der Waals surface area contributed by atoms with Crippen LogP contribution in [-0.2, 0) is 9.53 Å². The summed E-state index contributed by atoms with van der Waals surface area (Å²) in [5.74, 6) is 0.0288. The summed E-state index contributed by atoms with van der Waals surface area (Å²) >= 11 is 0. The van der Waals surface area contributed by atoms with Crippen molar-refractivity contribution >= 4 is 11.9 Å². The Morgan fingerprint density at radius 2 is 2.00 bits per heavy atom. The van der Waals surface area contributed by atoms with Crippen LogP contribution in [0.4, 0.5) is 4.79 Å². The van der Waals surface area contributed by atoms with Gasteiger partial charge in [0.05, 0.1) is 6.57 Å². The first-order valence-corrected chi connectivity index (χ1v) is 8.54. The van der Waals surface area contributed by atoms with Crippen LogP contribution in [0.5, 0.6) is 0 Å². The molecule has 2 atom stereocenters. The van der Waals surface area contributed by atoms with Crippen LogP contribution in [0.25, 0.3) is 4.85 Å². The van der Waals surface area contributed by atoms with Crippen LogP contribution in [0, 0.1) is 23.3 Å². The maximum atomic E-state index is 12.6. The van der Waals surface area contributed by atoms with Gasteiger partial charge in [0.15, 0.2) is 5.78 Å². The summed E-state index contributed by atoms with van der Waals surface area (Å²) in [6, 6.07) is 0. The van der Waals surface area contributed by atoms with Crippen molar-refractivity contribution in [1.29, 1.82) is 0 Å². The molecule has 0 aromatic heterocycles. The average molecular weight is 332 g/mol. The SMILES string of the molecule is [C-]#[N+]C1=C[C@@]2(C)CN(C(=O)OC(C)(C)C)CCC[C@@H]2C(C)(C)C1=O. The molecule has 24 heavy (non-hydrogen) atoms. The van der Waals surface area contributed by atoms with Crippen molar-refractivity contribution in [3.63, 3.8) is 0 Å². The number of rotatable bonds is 0. The van der Waals surface area contributed by atoms with Gasteiger partial charge in [-0.25, -0.2) is 9.64 Å². The quantitative estimate of drug-likeness (QED) is 0.629. The van der Waals surface area contributed by atoms with Crippen LogP contribution in [0.2, 0.25) is 0 Å². The molecule has 0 aromatic carbocycles. The largest absolute Gasteiger partial charge is 0.444 e. The number of carbonyl (C=O) groups excluding carboxylic acids is 2. The van der Waals surface area contributed by atoms with E-state index >= 15 is 0 Å². The standard InChI is InChI=1S/C19H28N2O3/c1-17(2,3)24-16(23)21-10-8-9-14-18(4,5)15(22)13(20-7)11-19(14,6)12-21/h11,14H,8-10,12H2,1-6H3/t14-,19+/m1/s1. The molecule has 1 amide bonds. The highest BCUT2D eigenvalue weighted by atomic mass is 16.6. The predicted octanol–water partition coefficient (Wildman–Crippen LogP) is 4.05. The van der Waals surface area contributed by atoms with Gasteiger partial charge in [-0.05, 0) is 44.9 Å². The number of allylic oxidation sites excluding steroid dienone is 1. The molecule has 1 aliphatic heterocycles. The first-order valence-electron chi connectivity index (χ1n) is 8.54. The number of Topliss-reactive ketones (excluding diaryl/α,β-unsaturated/α-hetero) is 1. The molecule has 0 N–H and O–H groups in total. The van der Waals surface area contributed by atoms with E-state index in [1.54, 1.807) is 11.0 Å². The molecule has 0 bridgehead atoms. The van der Waals surface area contributed by atoms with E-state index in [2.05, 4.69) is 11.8 Å². The summed E-state index contributed by atoms with van der Waals surface area (Å²) in [6.45, 7) is 19.9. The predicted molar refractivity (Wildman–Crippen MR) is 92.1 cm³/mol. The molecular formula is C19H28N2O3. The minimum absolute atomic E-state index is 0.0781. The molecule has 1 saturated heterocycles. The second kappa shape index (κ2) is 5.91. The van der Waals surface area contributed by atoms with Crippen molar-refractivity contribution in [2.75, 3.05) is 13.1 Å². The molecule has 2 aliphatic rings. The zero-order chi connectivity index (χ0) is 18.3. The lowest BCUT2D eigenvalue weighted by atomic mass is 9.57. The van der Waals surface area contributed by atoms with Crippen molar-refractivity contribution in [2.45, 2.75) is 60.0 Å².